The number of hydrogen-bond donors (Lipinski definition) is 3. The highest BCUT2D eigenvalue weighted by atomic mass is 16.8. The molecule has 146 valence electrons. The first-order chi connectivity index (χ1) is 14.2. The third-order valence-electron chi connectivity index (χ3n) is 4.59. The third-order valence-corrected chi connectivity index (χ3v) is 4.59. The van der Waals surface area contributed by atoms with E-state index in [0.29, 0.717) is 35.9 Å². The van der Waals surface area contributed by atoms with Crippen molar-refractivity contribution in [3.63, 3.8) is 0 Å². The Hall–Kier alpha value is -3.74. The van der Waals surface area contributed by atoms with E-state index in [9.17, 15) is 4.79 Å². The number of carbonyl (C=O) groups excluding carboxylic acids is 1. The SMILES string of the molecule is N#CCCN=C1NONC1c1nc2ccccc2n1CC(=O)c1ccc(N)cc1. The van der Waals surface area contributed by atoms with Gasteiger partial charge in [-0.3, -0.25) is 9.79 Å². The second-order valence-electron chi connectivity index (χ2n) is 6.52. The molecule has 3 aromatic rings. The lowest BCUT2D eigenvalue weighted by molar-refractivity contribution is 0.0212. The number of benzene rings is 2. The van der Waals surface area contributed by atoms with Crippen LogP contribution in [0.4, 0.5) is 5.69 Å². The summed E-state index contributed by atoms with van der Waals surface area (Å²) in [6, 6.07) is 16.0. The van der Waals surface area contributed by atoms with Crippen LogP contribution >= 0.6 is 0 Å². The zero-order valence-electron chi connectivity index (χ0n) is 15.5. The number of rotatable bonds is 6. The van der Waals surface area contributed by atoms with Crippen molar-refractivity contribution in [2.45, 2.75) is 19.0 Å². The summed E-state index contributed by atoms with van der Waals surface area (Å²) in [5.41, 5.74) is 14.0. The third kappa shape index (κ3) is 3.80. The molecule has 0 saturated carbocycles. The topological polar surface area (TPSA) is 130 Å². The van der Waals surface area contributed by atoms with Gasteiger partial charge in [-0.1, -0.05) is 12.1 Å². The number of amidine groups is 1. The fourth-order valence-electron chi connectivity index (χ4n) is 3.16. The molecule has 0 spiro atoms. The molecule has 0 aliphatic carbocycles. The number of aliphatic imine (C=N–C) groups is 1. The molecule has 29 heavy (non-hydrogen) atoms. The molecule has 4 N–H and O–H groups in total. The summed E-state index contributed by atoms with van der Waals surface area (Å²) in [5.74, 6) is 1.04. The van der Waals surface area contributed by atoms with Gasteiger partial charge in [0.25, 0.3) is 0 Å². The summed E-state index contributed by atoms with van der Waals surface area (Å²) in [6.45, 7) is 0.439. The molecule has 4 rings (SSSR count). The molecule has 1 atom stereocenters. The molecule has 2 aromatic carbocycles. The number of carbonyl (C=O) groups is 1. The molecule has 9 nitrogen and oxygen atoms in total. The van der Waals surface area contributed by atoms with E-state index in [2.05, 4.69) is 22.0 Å². The first-order valence-corrected chi connectivity index (χ1v) is 9.10. The highest BCUT2D eigenvalue weighted by molar-refractivity contribution is 5.97. The second-order valence-corrected chi connectivity index (χ2v) is 6.52. The minimum absolute atomic E-state index is 0.0655. The normalized spacial score (nSPS) is 17.3. The molecular formula is C20H19N7O2. The first kappa shape index (κ1) is 18.6. The Balaban J connectivity index is 1.71. The minimum atomic E-state index is -0.486. The highest BCUT2D eigenvalue weighted by Gasteiger charge is 2.31. The molecule has 1 fully saturated rings. The molecule has 2 heterocycles. The maximum absolute atomic E-state index is 12.9. The number of para-hydroxylation sites is 2. The number of nitrogen functional groups attached to an aromatic ring is 1. The Morgan fingerprint density at radius 2 is 2.07 bits per heavy atom. The van der Waals surface area contributed by atoms with Crippen LogP contribution in [0.2, 0.25) is 0 Å². The molecule has 0 bridgehead atoms. The van der Waals surface area contributed by atoms with Crippen molar-refractivity contribution >= 4 is 28.3 Å². The number of nitrogens with one attached hydrogen (secondary N) is 2. The average molecular weight is 389 g/mol. The lowest BCUT2D eigenvalue weighted by Crippen LogP contribution is -2.25. The molecule has 1 saturated heterocycles. The summed E-state index contributed by atoms with van der Waals surface area (Å²) in [5, 5.41) is 8.74. The van der Waals surface area contributed by atoms with Crippen LogP contribution in [0, 0.1) is 11.3 Å². The Morgan fingerprint density at radius 1 is 1.28 bits per heavy atom. The van der Waals surface area contributed by atoms with Crippen molar-refractivity contribution in [2.75, 3.05) is 12.3 Å². The number of hydroxylamine groups is 2. The van der Waals surface area contributed by atoms with Crippen molar-refractivity contribution in [3.05, 3.63) is 59.9 Å². The highest BCUT2D eigenvalue weighted by Crippen LogP contribution is 2.24. The van der Waals surface area contributed by atoms with Crippen molar-refractivity contribution < 1.29 is 9.73 Å². The molecule has 1 aliphatic rings. The van der Waals surface area contributed by atoms with Crippen molar-refractivity contribution in [3.8, 4) is 6.07 Å². The largest absolute Gasteiger partial charge is 0.399 e. The Bertz CT molecular complexity index is 1110. The summed E-state index contributed by atoms with van der Waals surface area (Å²) in [4.78, 5) is 27.1. The Morgan fingerprint density at radius 3 is 2.86 bits per heavy atom. The van der Waals surface area contributed by atoms with Crippen LogP contribution in [0.1, 0.15) is 28.6 Å². The fourth-order valence-corrected chi connectivity index (χ4v) is 3.16. The molecule has 1 aromatic heterocycles. The predicted molar refractivity (Wildman–Crippen MR) is 108 cm³/mol. The average Bonchev–Trinajstić information content (AvgIpc) is 3.33. The molecule has 9 heteroatoms. The van der Waals surface area contributed by atoms with Crippen molar-refractivity contribution in [1.29, 1.82) is 5.26 Å². The van der Waals surface area contributed by atoms with Crippen LogP contribution in [0.3, 0.4) is 0 Å². The number of Topliss-reactive ketones (excluding diaryl/α,β-unsaturated/α-hetero) is 1. The zero-order chi connectivity index (χ0) is 20.2. The smallest absolute Gasteiger partial charge is 0.182 e. The van der Waals surface area contributed by atoms with Crippen LogP contribution in [-0.4, -0.2) is 27.7 Å². The van der Waals surface area contributed by atoms with Gasteiger partial charge in [0.2, 0.25) is 0 Å². The van der Waals surface area contributed by atoms with E-state index in [-0.39, 0.29) is 12.3 Å². The summed E-state index contributed by atoms with van der Waals surface area (Å²) in [7, 11) is 0. The number of nitrogens with two attached hydrogens (primary N) is 1. The Labute approximate surface area is 166 Å². The van der Waals surface area contributed by atoms with E-state index in [4.69, 9.17) is 20.9 Å². The van der Waals surface area contributed by atoms with Crippen LogP contribution < -0.4 is 16.7 Å². The van der Waals surface area contributed by atoms with Crippen LogP contribution in [-0.2, 0) is 11.5 Å². The summed E-state index contributed by atoms with van der Waals surface area (Å²) >= 11 is 0. The number of aromatic nitrogens is 2. The maximum atomic E-state index is 12.9. The number of fused-ring (bicyclic) bond motifs is 1. The van der Waals surface area contributed by atoms with Gasteiger partial charge in [0.1, 0.15) is 11.7 Å². The molecule has 0 radical (unpaired) electrons. The van der Waals surface area contributed by atoms with Gasteiger partial charge in [-0.05, 0) is 36.4 Å². The predicted octanol–water partition coefficient (Wildman–Crippen LogP) is 1.89. The first-order valence-electron chi connectivity index (χ1n) is 9.10. The van der Waals surface area contributed by atoms with E-state index in [0.717, 1.165) is 11.0 Å². The molecule has 1 aliphatic heterocycles. The zero-order valence-corrected chi connectivity index (χ0v) is 15.5. The molecular weight excluding hydrogens is 370 g/mol. The van der Waals surface area contributed by atoms with Gasteiger partial charge in [0, 0.05) is 11.3 Å². The number of nitrogens with zero attached hydrogens (tertiary/aromatic N) is 4. The van der Waals surface area contributed by atoms with Crippen LogP contribution in [0.5, 0.6) is 0 Å². The van der Waals surface area contributed by atoms with E-state index in [1.54, 1.807) is 24.3 Å². The van der Waals surface area contributed by atoms with Crippen LogP contribution in [0.25, 0.3) is 11.0 Å². The fraction of sp³-hybridized carbons (Fsp3) is 0.200. The van der Waals surface area contributed by atoms with Crippen LogP contribution in [0.15, 0.2) is 53.5 Å². The van der Waals surface area contributed by atoms with Crippen molar-refractivity contribution in [1.82, 2.24) is 20.5 Å². The van der Waals surface area contributed by atoms with Gasteiger partial charge in [-0.25, -0.2) is 10.5 Å². The molecule has 0 amide bonds. The van der Waals surface area contributed by atoms with Gasteiger partial charge >= 0.3 is 0 Å². The summed E-state index contributed by atoms with van der Waals surface area (Å²) in [6.07, 6.45) is 0.296. The van der Waals surface area contributed by atoms with Gasteiger partial charge < -0.3 is 10.3 Å². The van der Waals surface area contributed by atoms with E-state index >= 15 is 0 Å². The van der Waals surface area contributed by atoms with Gasteiger partial charge in [-0.15, -0.1) is 0 Å². The number of nitriles is 1. The van der Waals surface area contributed by atoms with Gasteiger partial charge in [0.15, 0.2) is 11.8 Å². The second kappa shape index (κ2) is 8.10. The number of imidazole rings is 1. The quantitative estimate of drug-likeness (QED) is 0.333. The Kier molecular flexibility index (Phi) is 5.20. The van der Waals surface area contributed by atoms with E-state index in [1.807, 2.05) is 28.8 Å². The standard InChI is InChI=1S/C20H19N7O2/c21-10-3-11-23-19-18(25-29-26-19)20-24-15-4-1-2-5-16(15)27(20)12-17(28)13-6-8-14(22)9-7-13/h1-2,4-9,18,25H,3,11-12,22H2,(H,23,26). The van der Waals surface area contributed by atoms with E-state index < -0.39 is 6.04 Å². The number of hydrogen-bond acceptors (Lipinski definition) is 7. The monoisotopic (exact) mass is 389 g/mol. The van der Waals surface area contributed by atoms with Gasteiger partial charge in [0.05, 0.1) is 36.6 Å². The minimum Gasteiger partial charge on any atom is -0.399 e. The van der Waals surface area contributed by atoms with Crippen molar-refractivity contribution in [2.24, 2.45) is 4.99 Å². The number of ketones is 1. The van der Waals surface area contributed by atoms with E-state index in [1.165, 1.54) is 0 Å². The lowest BCUT2D eigenvalue weighted by Gasteiger charge is -2.13. The summed E-state index contributed by atoms with van der Waals surface area (Å²) < 4.78 is 1.85. The number of anilines is 1. The molecule has 1 unspecified atom stereocenters. The van der Waals surface area contributed by atoms with Gasteiger partial charge in [-0.2, -0.15) is 15.7 Å². The maximum Gasteiger partial charge on any atom is 0.182 e. The lowest BCUT2D eigenvalue weighted by atomic mass is 10.1.